The summed E-state index contributed by atoms with van der Waals surface area (Å²) < 4.78 is 26.6. The number of rotatable bonds is 5. The number of aromatic amines is 1. The van der Waals surface area contributed by atoms with Gasteiger partial charge in [-0.1, -0.05) is 13.0 Å². The number of nitrogens with two attached hydrogens (primary N) is 1. The van der Waals surface area contributed by atoms with Crippen LogP contribution in [0, 0.1) is 0 Å². The van der Waals surface area contributed by atoms with Crippen molar-refractivity contribution in [1.29, 1.82) is 0 Å². The molecule has 0 aliphatic carbocycles. The van der Waals surface area contributed by atoms with Crippen molar-refractivity contribution in [2.45, 2.75) is 18.4 Å². The van der Waals surface area contributed by atoms with Gasteiger partial charge in [-0.15, -0.1) is 0 Å². The van der Waals surface area contributed by atoms with E-state index in [-0.39, 0.29) is 16.3 Å². The summed E-state index contributed by atoms with van der Waals surface area (Å²) in [5.41, 5.74) is 5.63. The number of aryl methyl sites for hydroxylation is 1. The summed E-state index contributed by atoms with van der Waals surface area (Å²) in [5, 5.41) is -0.0289. The third-order valence-corrected chi connectivity index (χ3v) is 3.92. The molecule has 0 fully saturated rings. The number of primary amides is 1. The zero-order chi connectivity index (χ0) is 14.8. The minimum absolute atomic E-state index is 0.0289. The van der Waals surface area contributed by atoms with E-state index >= 15 is 0 Å². The molecule has 7 nitrogen and oxygen atoms in total. The van der Waals surface area contributed by atoms with E-state index in [0.717, 1.165) is 0 Å². The number of hydrogen-bond donors (Lipinski definition) is 3. The normalized spacial score (nSPS) is 11.2. The van der Waals surface area contributed by atoms with Crippen LogP contribution in [0.15, 0.2) is 35.5 Å². The number of sulfonamides is 1. The number of nitrogens with zero attached hydrogens (tertiary/aromatic N) is 1. The zero-order valence-corrected chi connectivity index (χ0v) is 11.6. The van der Waals surface area contributed by atoms with Crippen LogP contribution in [-0.4, -0.2) is 24.3 Å². The maximum atomic E-state index is 12.1. The molecule has 1 heterocycles. The number of carbonyl (C=O) groups is 1. The van der Waals surface area contributed by atoms with E-state index in [9.17, 15) is 13.2 Å². The molecular weight excluding hydrogens is 280 g/mol. The summed E-state index contributed by atoms with van der Waals surface area (Å²) >= 11 is 0. The zero-order valence-electron chi connectivity index (χ0n) is 10.8. The molecule has 0 radical (unpaired) electrons. The standard InChI is InChI=1S/C12H14N4O3S/c1-2-10-14-7-11(15-10)20(18,19)16-9-5-3-4-8(6-9)12(13)17/h3-7,16H,2H2,1H3,(H2,13,17)(H,14,15). The lowest BCUT2D eigenvalue weighted by Gasteiger charge is -2.07. The Labute approximate surface area is 116 Å². The Kier molecular flexibility index (Phi) is 3.75. The predicted molar refractivity (Wildman–Crippen MR) is 73.7 cm³/mol. The summed E-state index contributed by atoms with van der Waals surface area (Å²) in [7, 11) is -3.77. The number of carbonyl (C=O) groups excluding carboxylic acids is 1. The third kappa shape index (κ3) is 2.97. The molecule has 2 rings (SSSR count). The molecule has 0 saturated carbocycles. The van der Waals surface area contributed by atoms with Crippen LogP contribution < -0.4 is 10.5 Å². The largest absolute Gasteiger partial charge is 0.366 e. The first kappa shape index (κ1) is 14.1. The first-order valence-electron chi connectivity index (χ1n) is 5.89. The number of imidazole rings is 1. The highest BCUT2D eigenvalue weighted by atomic mass is 32.2. The summed E-state index contributed by atoms with van der Waals surface area (Å²) in [5.74, 6) is -0.0443. The van der Waals surface area contributed by atoms with Crippen LogP contribution in [0.4, 0.5) is 5.69 Å². The number of benzene rings is 1. The first-order chi connectivity index (χ1) is 9.42. The van der Waals surface area contributed by atoms with Crippen LogP contribution >= 0.6 is 0 Å². The Balaban J connectivity index is 2.28. The number of amides is 1. The lowest BCUT2D eigenvalue weighted by atomic mass is 10.2. The van der Waals surface area contributed by atoms with Crippen molar-refractivity contribution in [3.8, 4) is 0 Å². The van der Waals surface area contributed by atoms with Crippen molar-refractivity contribution >= 4 is 21.6 Å². The lowest BCUT2D eigenvalue weighted by Crippen LogP contribution is -2.15. The fourth-order valence-corrected chi connectivity index (χ4v) is 2.60. The van der Waals surface area contributed by atoms with Gasteiger partial charge in [0.15, 0.2) is 5.03 Å². The van der Waals surface area contributed by atoms with Gasteiger partial charge in [-0.25, -0.2) is 4.98 Å². The van der Waals surface area contributed by atoms with Gasteiger partial charge in [0, 0.05) is 17.7 Å². The predicted octanol–water partition coefficient (Wildman–Crippen LogP) is 0.872. The summed E-state index contributed by atoms with van der Waals surface area (Å²) in [4.78, 5) is 17.7. The van der Waals surface area contributed by atoms with E-state index in [0.29, 0.717) is 12.2 Å². The topological polar surface area (TPSA) is 118 Å². The van der Waals surface area contributed by atoms with Crippen molar-refractivity contribution in [2.75, 3.05) is 4.72 Å². The molecular formula is C12H14N4O3S. The first-order valence-corrected chi connectivity index (χ1v) is 7.37. The molecule has 0 aliphatic rings. The summed E-state index contributed by atoms with van der Waals surface area (Å²) in [6.07, 6.45) is 1.85. The highest BCUT2D eigenvalue weighted by Crippen LogP contribution is 2.16. The highest BCUT2D eigenvalue weighted by molar-refractivity contribution is 7.92. The summed E-state index contributed by atoms with van der Waals surface area (Å²) in [6, 6.07) is 5.95. The molecule has 2 aromatic rings. The molecule has 0 saturated heterocycles. The molecule has 0 aliphatic heterocycles. The second-order valence-corrected chi connectivity index (χ2v) is 5.75. The Morgan fingerprint density at radius 1 is 1.45 bits per heavy atom. The molecule has 0 bridgehead atoms. The van der Waals surface area contributed by atoms with Gasteiger partial charge in [-0.3, -0.25) is 9.52 Å². The molecule has 4 N–H and O–H groups in total. The fraction of sp³-hybridized carbons (Fsp3) is 0.167. The second kappa shape index (κ2) is 5.33. The maximum Gasteiger partial charge on any atom is 0.278 e. The molecule has 20 heavy (non-hydrogen) atoms. The van der Waals surface area contributed by atoms with Gasteiger partial charge in [0.05, 0.1) is 6.20 Å². The van der Waals surface area contributed by atoms with Crippen molar-refractivity contribution in [3.05, 3.63) is 41.9 Å². The van der Waals surface area contributed by atoms with Crippen molar-refractivity contribution in [2.24, 2.45) is 5.73 Å². The molecule has 106 valence electrons. The van der Waals surface area contributed by atoms with Gasteiger partial charge < -0.3 is 10.7 Å². The highest BCUT2D eigenvalue weighted by Gasteiger charge is 2.17. The van der Waals surface area contributed by atoms with Crippen molar-refractivity contribution in [1.82, 2.24) is 9.97 Å². The summed E-state index contributed by atoms with van der Waals surface area (Å²) in [6.45, 7) is 1.86. The quantitative estimate of drug-likeness (QED) is 0.758. The number of hydrogen-bond acceptors (Lipinski definition) is 4. The van der Waals surface area contributed by atoms with E-state index in [2.05, 4.69) is 14.7 Å². The van der Waals surface area contributed by atoms with Gasteiger partial charge in [0.1, 0.15) is 5.82 Å². The Hall–Kier alpha value is -2.35. The van der Waals surface area contributed by atoms with E-state index in [1.807, 2.05) is 6.92 Å². The van der Waals surface area contributed by atoms with Gasteiger partial charge in [0.25, 0.3) is 10.0 Å². The monoisotopic (exact) mass is 294 g/mol. The third-order valence-electron chi connectivity index (χ3n) is 2.63. The minimum Gasteiger partial charge on any atom is -0.366 e. The van der Waals surface area contributed by atoms with Crippen LogP contribution in [0.1, 0.15) is 23.1 Å². The molecule has 1 amide bonds. The van der Waals surface area contributed by atoms with Crippen molar-refractivity contribution < 1.29 is 13.2 Å². The number of H-pyrrole nitrogens is 1. The minimum atomic E-state index is -3.77. The van der Waals surface area contributed by atoms with Crippen LogP contribution in [0.2, 0.25) is 0 Å². The maximum absolute atomic E-state index is 12.1. The average molecular weight is 294 g/mol. The molecule has 0 atom stereocenters. The number of nitrogens with one attached hydrogen (secondary N) is 2. The van der Waals surface area contributed by atoms with Crippen LogP contribution in [0.3, 0.4) is 0 Å². The Morgan fingerprint density at radius 3 is 2.80 bits per heavy atom. The van der Waals surface area contributed by atoms with Gasteiger partial charge in [0.2, 0.25) is 5.91 Å². The van der Waals surface area contributed by atoms with Crippen LogP contribution in [0.25, 0.3) is 0 Å². The second-order valence-electron chi connectivity index (χ2n) is 4.10. The number of anilines is 1. The fourth-order valence-electron chi connectivity index (χ4n) is 1.61. The molecule has 8 heteroatoms. The van der Waals surface area contributed by atoms with Gasteiger partial charge >= 0.3 is 0 Å². The van der Waals surface area contributed by atoms with E-state index in [4.69, 9.17) is 5.73 Å². The Morgan fingerprint density at radius 2 is 2.20 bits per heavy atom. The molecule has 1 aromatic carbocycles. The lowest BCUT2D eigenvalue weighted by molar-refractivity contribution is 0.100. The average Bonchev–Trinajstić information content (AvgIpc) is 2.88. The molecule has 0 spiro atoms. The van der Waals surface area contributed by atoms with Crippen molar-refractivity contribution in [3.63, 3.8) is 0 Å². The Bertz CT molecular complexity index is 737. The van der Waals surface area contributed by atoms with Gasteiger partial charge in [-0.2, -0.15) is 8.42 Å². The number of aromatic nitrogens is 2. The van der Waals surface area contributed by atoms with Gasteiger partial charge in [-0.05, 0) is 18.2 Å². The smallest absolute Gasteiger partial charge is 0.278 e. The van der Waals surface area contributed by atoms with Crippen LogP contribution in [0.5, 0.6) is 0 Å². The SMILES string of the molecule is CCc1ncc(S(=O)(=O)Nc2cccc(C(N)=O)c2)[nH]1. The van der Waals surface area contributed by atoms with E-state index < -0.39 is 15.9 Å². The molecule has 1 aromatic heterocycles. The molecule has 0 unspecified atom stereocenters. The van der Waals surface area contributed by atoms with Crippen LogP contribution in [-0.2, 0) is 16.4 Å². The van der Waals surface area contributed by atoms with E-state index in [1.165, 1.54) is 24.4 Å². The van der Waals surface area contributed by atoms with E-state index in [1.54, 1.807) is 6.07 Å².